The van der Waals surface area contributed by atoms with Gasteiger partial charge in [0.15, 0.2) is 5.43 Å². The van der Waals surface area contributed by atoms with Gasteiger partial charge in [0, 0.05) is 29.7 Å². The minimum atomic E-state index is -0.385. The zero-order valence-corrected chi connectivity index (χ0v) is 17.5. The van der Waals surface area contributed by atoms with Crippen molar-refractivity contribution in [3.05, 3.63) is 92.4 Å². The number of para-hydroxylation sites is 1. The van der Waals surface area contributed by atoms with E-state index in [1.165, 1.54) is 6.07 Å². The Balaban J connectivity index is 2.00. The van der Waals surface area contributed by atoms with Crippen LogP contribution in [-0.2, 0) is 6.54 Å². The number of rotatable bonds is 5. The molecule has 0 saturated carbocycles. The smallest absolute Gasteiger partial charge is 0.261 e. The summed E-state index contributed by atoms with van der Waals surface area (Å²) in [5.41, 5.74) is 5.03. The lowest BCUT2D eigenvalue weighted by atomic mass is 10.1. The number of carbonyl (C=O) groups excluding carboxylic acids is 1. The summed E-state index contributed by atoms with van der Waals surface area (Å²) in [4.78, 5) is 25.7. The van der Waals surface area contributed by atoms with Crippen molar-refractivity contribution in [3.8, 4) is 5.75 Å². The first-order valence-corrected chi connectivity index (χ1v) is 9.53. The second-order valence-corrected chi connectivity index (χ2v) is 7.27. The Morgan fingerprint density at radius 2 is 1.66 bits per heavy atom. The van der Waals surface area contributed by atoms with Gasteiger partial charge in [-0.15, -0.1) is 0 Å². The molecule has 0 spiro atoms. The Labute approximate surface area is 171 Å². The van der Waals surface area contributed by atoms with Crippen molar-refractivity contribution in [1.29, 1.82) is 0 Å². The summed E-state index contributed by atoms with van der Waals surface area (Å²) >= 11 is 0. The van der Waals surface area contributed by atoms with E-state index in [4.69, 9.17) is 4.74 Å². The van der Waals surface area contributed by atoms with Gasteiger partial charge in [0.2, 0.25) is 0 Å². The van der Waals surface area contributed by atoms with Crippen LogP contribution in [0.2, 0.25) is 0 Å². The lowest BCUT2D eigenvalue weighted by Crippen LogP contribution is -2.27. The van der Waals surface area contributed by atoms with Gasteiger partial charge in [-0.1, -0.05) is 30.3 Å². The van der Waals surface area contributed by atoms with Crippen LogP contribution in [0.3, 0.4) is 0 Å². The van der Waals surface area contributed by atoms with Crippen LogP contribution in [0.1, 0.15) is 38.4 Å². The molecule has 0 atom stereocenters. The van der Waals surface area contributed by atoms with E-state index in [1.807, 2.05) is 74.7 Å². The molecular formula is C24H26N2O3. The predicted molar refractivity (Wildman–Crippen MR) is 116 cm³/mol. The number of hydrogen-bond acceptors (Lipinski definition) is 3. The second kappa shape index (κ2) is 8.35. The average molecular weight is 390 g/mol. The number of ether oxygens (including phenoxy) is 1. The molecule has 1 aromatic heterocycles. The predicted octanol–water partition coefficient (Wildman–Crippen LogP) is 4.39. The molecule has 0 fully saturated rings. The van der Waals surface area contributed by atoms with Crippen LogP contribution in [0, 0.1) is 27.7 Å². The third-order valence-corrected chi connectivity index (χ3v) is 5.20. The molecule has 5 nitrogen and oxygen atoms in total. The van der Waals surface area contributed by atoms with Crippen molar-refractivity contribution < 1.29 is 9.53 Å². The van der Waals surface area contributed by atoms with Crippen molar-refractivity contribution >= 4 is 11.6 Å². The first-order chi connectivity index (χ1) is 13.8. The summed E-state index contributed by atoms with van der Waals surface area (Å²) < 4.78 is 7.28. The molecule has 3 aromatic rings. The van der Waals surface area contributed by atoms with Crippen molar-refractivity contribution in [2.24, 2.45) is 0 Å². The van der Waals surface area contributed by atoms with Crippen LogP contribution < -0.4 is 15.5 Å². The summed E-state index contributed by atoms with van der Waals surface area (Å²) in [6.45, 7) is 8.10. The Bertz CT molecular complexity index is 1110. The number of nitrogens with one attached hydrogen (secondary N) is 1. The molecule has 3 rings (SSSR count). The van der Waals surface area contributed by atoms with E-state index in [9.17, 15) is 9.59 Å². The summed E-state index contributed by atoms with van der Waals surface area (Å²) in [7, 11) is 1.63. The standard InChI is InChI=1S/C24H26N2O3/c1-15-8-6-9-16(2)23(15)25-24(28)22-18(4)26(17(3)12-21(22)27)14-19-10-7-11-20(13-19)29-5/h6-13H,14H2,1-5H3,(H,25,28). The molecule has 0 bridgehead atoms. The maximum Gasteiger partial charge on any atom is 0.261 e. The first-order valence-electron chi connectivity index (χ1n) is 9.53. The molecule has 5 heteroatoms. The maximum absolute atomic E-state index is 13.0. The third kappa shape index (κ3) is 4.24. The van der Waals surface area contributed by atoms with Crippen molar-refractivity contribution in [2.45, 2.75) is 34.2 Å². The van der Waals surface area contributed by atoms with E-state index in [-0.39, 0.29) is 16.9 Å². The summed E-state index contributed by atoms with van der Waals surface area (Å²) in [5.74, 6) is 0.385. The number of nitrogens with zero attached hydrogens (tertiary/aromatic N) is 1. The van der Waals surface area contributed by atoms with Crippen molar-refractivity contribution in [2.75, 3.05) is 12.4 Å². The van der Waals surface area contributed by atoms with E-state index in [0.717, 1.165) is 33.8 Å². The fourth-order valence-corrected chi connectivity index (χ4v) is 3.58. The highest BCUT2D eigenvalue weighted by atomic mass is 16.5. The monoisotopic (exact) mass is 390 g/mol. The van der Waals surface area contributed by atoms with Crippen LogP contribution in [0.25, 0.3) is 0 Å². The van der Waals surface area contributed by atoms with Gasteiger partial charge >= 0.3 is 0 Å². The van der Waals surface area contributed by atoms with Crippen LogP contribution in [-0.4, -0.2) is 17.6 Å². The van der Waals surface area contributed by atoms with Gasteiger partial charge in [-0.3, -0.25) is 9.59 Å². The van der Waals surface area contributed by atoms with Crippen LogP contribution >= 0.6 is 0 Å². The zero-order valence-electron chi connectivity index (χ0n) is 17.5. The summed E-state index contributed by atoms with van der Waals surface area (Å²) in [6.07, 6.45) is 0. The third-order valence-electron chi connectivity index (χ3n) is 5.20. The fraction of sp³-hybridized carbons (Fsp3) is 0.250. The highest BCUT2D eigenvalue weighted by molar-refractivity contribution is 6.05. The number of anilines is 1. The number of methoxy groups -OCH3 is 1. The minimum absolute atomic E-state index is 0.168. The highest BCUT2D eigenvalue weighted by Crippen LogP contribution is 2.21. The summed E-state index contributed by atoms with van der Waals surface area (Å²) in [5, 5.41) is 2.93. The lowest BCUT2D eigenvalue weighted by molar-refractivity contribution is 0.102. The van der Waals surface area contributed by atoms with Crippen LogP contribution in [0.15, 0.2) is 53.3 Å². The number of benzene rings is 2. The SMILES string of the molecule is COc1cccc(Cn2c(C)cc(=O)c(C(=O)Nc3c(C)cccc3C)c2C)c1. The summed E-state index contributed by atoms with van der Waals surface area (Å²) in [6, 6.07) is 15.1. The fourth-order valence-electron chi connectivity index (χ4n) is 3.58. The molecule has 0 aliphatic heterocycles. The lowest BCUT2D eigenvalue weighted by Gasteiger charge is -2.19. The van der Waals surface area contributed by atoms with Crippen molar-refractivity contribution in [1.82, 2.24) is 4.57 Å². The van der Waals surface area contributed by atoms with Gasteiger partial charge in [0.05, 0.1) is 7.11 Å². The van der Waals surface area contributed by atoms with Crippen LogP contribution in [0.5, 0.6) is 5.75 Å². The number of aromatic nitrogens is 1. The van der Waals surface area contributed by atoms with Gasteiger partial charge in [-0.25, -0.2) is 0 Å². The topological polar surface area (TPSA) is 60.3 Å². The molecule has 0 radical (unpaired) electrons. The van der Waals surface area contributed by atoms with E-state index in [0.29, 0.717) is 12.2 Å². The molecule has 2 aromatic carbocycles. The molecule has 0 unspecified atom stereocenters. The zero-order chi connectivity index (χ0) is 21.1. The molecule has 0 aliphatic rings. The normalized spacial score (nSPS) is 10.7. The van der Waals surface area contributed by atoms with Gasteiger partial charge < -0.3 is 14.6 Å². The number of aryl methyl sites for hydroxylation is 3. The van der Waals surface area contributed by atoms with E-state index >= 15 is 0 Å². The average Bonchev–Trinajstić information content (AvgIpc) is 2.68. The van der Waals surface area contributed by atoms with Crippen molar-refractivity contribution in [3.63, 3.8) is 0 Å². The Hall–Kier alpha value is -3.34. The molecule has 0 saturated heterocycles. The molecule has 1 amide bonds. The van der Waals surface area contributed by atoms with E-state index < -0.39 is 0 Å². The molecular weight excluding hydrogens is 364 g/mol. The molecule has 0 aliphatic carbocycles. The Morgan fingerprint density at radius 1 is 1.00 bits per heavy atom. The first kappa shape index (κ1) is 20.4. The number of amides is 1. The molecule has 1 N–H and O–H groups in total. The Morgan fingerprint density at radius 3 is 2.31 bits per heavy atom. The Kier molecular flexibility index (Phi) is 5.87. The van der Waals surface area contributed by atoms with Gasteiger partial charge in [-0.05, 0) is 56.5 Å². The quantitative estimate of drug-likeness (QED) is 0.703. The van der Waals surface area contributed by atoms with E-state index in [2.05, 4.69) is 5.32 Å². The number of hydrogen-bond donors (Lipinski definition) is 1. The molecule has 29 heavy (non-hydrogen) atoms. The number of pyridine rings is 1. The minimum Gasteiger partial charge on any atom is -0.497 e. The largest absolute Gasteiger partial charge is 0.497 e. The highest BCUT2D eigenvalue weighted by Gasteiger charge is 2.19. The van der Waals surface area contributed by atoms with Gasteiger partial charge in [-0.2, -0.15) is 0 Å². The number of carbonyl (C=O) groups is 1. The molecule has 150 valence electrons. The molecule has 1 heterocycles. The van der Waals surface area contributed by atoms with E-state index in [1.54, 1.807) is 7.11 Å². The van der Waals surface area contributed by atoms with Crippen LogP contribution in [0.4, 0.5) is 5.69 Å². The second-order valence-electron chi connectivity index (χ2n) is 7.27. The van der Waals surface area contributed by atoms with Gasteiger partial charge in [0.1, 0.15) is 11.3 Å². The van der Waals surface area contributed by atoms with Gasteiger partial charge in [0.25, 0.3) is 5.91 Å². The maximum atomic E-state index is 13.0.